The number of nitrogens with two attached hydrogens (primary N) is 1. The molecule has 1 rings (SSSR count). The summed E-state index contributed by atoms with van der Waals surface area (Å²) in [4.78, 5) is 2.23. The second-order valence-electron chi connectivity index (χ2n) is 3.18. The summed E-state index contributed by atoms with van der Waals surface area (Å²) in [7, 11) is 1.71. The smallest absolute Gasteiger partial charge is 0.139 e. The molecule has 5 heteroatoms. The molecule has 1 aromatic heterocycles. The molecule has 80 valence electrons. The van der Waals surface area contributed by atoms with Crippen molar-refractivity contribution in [2.24, 2.45) is 0 Å². The number of ether oxygens (including phenoxy) is 1. The van der Waals surface area contributed by atoms with Crippen LogP contribution in [0.15, 0.2) is 6.07 Å². The average molecular weight is 215 g/mol. The minimum atomic E-state index is 0.352. The first-order valence-corrected chi connectivity index (χ1v) is 5.44. The molecular formula is C9H17N3OS. The van der Waals surface area contributed by atoms with Crippen LogP contribution in [0.4, 0.5) is 10.8 Å². The molecule has 0 fully saturated rings. The Kier molecular flexibility index (Phi) is 4.16. The summed E-state index contributed by atoms with van der Waals surface area (Å²) < 4.78 is 9.19. The van der Waals surface area contributed by atoms with Gasteiger partial charge in [-0.1, -0.05) is 0 Å². The van der Waals surface area contributed by atoms with Gasteiger partial charge in [0.1, 0.15) is 10.8 Å². The Morgan fingerprint density at radius 2 is 2.43 bits per heavy atom. The molecule has 0 aliphatic heterocycles. The summed E-state index contributed by atoms with van der Waals surface area (Å²) in [6, 6.07) is 2.25. The van der Waals surface area contributed by atoms with E-state index in [0.717, 1.165) is 11.5 Å². The lowest BCUT2D eigenvalue weighted by atomic mass is 10.3. The molecule has 0 saturated carbocycles. The quantitative estimate of drug-likeness (QED) is 0.810. The lowest BCUT2D eigenvalue weighted by molar-refractivity contribution is 0.182. The second-order valence-corrected chi connectivity index (χ2v) is 3.96. The predicted molar refractivity (Wildman–Crippen MR) is 60.9 cm³/mol. The Bertz CT molecular complexity index is 277. The van der Waals surface area contributed by atoms with E-state index in [1.165, 1.54) is 11.5 Å². The molecule has 2 N–H and O–H groups in total. The van der Waals surface area contributed by atoms with Gasteiger partial charge in [-0.3, -0.25) is 0 Å². The lowest BCUT2D eigenvalue weighted by Gasteiger charge is -2.27. The van der Waals surface area contributed by atoms with Crippen LogP contribution in [0, 0.1) is 0 Å². The van der Waals surface area contributed by atoms with Crippen molar-refractivity contribution in [2.45, 2.75) is 19.9 Å². The van der Waals surface area contributed by atoms with Crippen molar-refractivity contribution in [3.63, 3.8) is 0 Å². The van der Waals surface area contributed by atoms with Gasteiger partial charge in [0.15, 0.2) is 0 Å². The van der Waals surface area contributed by atoms with Crippen LogP contribution in [-0.4, -0.2) is 30.7 Å². The van der Waals surface area contributed by atoms with Gasteiger partial charge < -0.3 is 15.4 Å². The van der Waals surface area contributed by atoms with Gasteiger partial charge in [-0.2, -0.15) is 4.37 Å². The van der Waals surface area contributed by atoms with Gasteiger partial charge in [0.2, 0.25) is 0 Å². The van der Waals surface area contributed by atoms with E-state index in [2.05, 4.69) is 23.1 Å². The maximum Gasteiger partial charge on any atom is 0.139 e. The van der Waals surface area contributed by atoms with Crippen LogP contribution in [0.25, 0.3) is 0 Å². The summed E-state index contributed by atoms with van der Waals surface area (Å²) in [6.07, 6.45) is 0. The molecule has 1 atom stereocenters. The number of likely N-dealkylation sites (N-methyl/N-ethyl adjacent to an activating group) is 1. The van der Waals surface area contributed by atoms with Gasteiger partial charge in [-0.05, 0) is 25.4 Å². The summed E-state index contributed by atoms with van der Waals surface area (Å²) in [6.45, 7) is 5.89. The van der Waals surface area contributed by atoms with Crippen LogP contribution in [0.3, 0.4) is 0 Å². The first-order chi connectivity index (χ1) is 6.69. The normalized spacial score (nSPS) is 12.8. The molecule has 0 aliphatic carbocycles. The fourth-order valence-corrected chi connectivity index (χ4v) is 2.27. The zero-order valence-corrected chi connectivity index (χ0v) is 9.67. The Balaban J connectivity index is 2.71. The lowest BCUT2D eigenvalue weighted by Crippen LogP contribution is -2.35. The zero-order chi connectivity index (χ0) is 10.6. The molecule has 1 heterocycles. The number of anilines is 2. The van der Waals surface area contributed by atoms with E-state index < -0.39 is 0 Å². The third-order valence-corrected chi connectivity index (χ3v) is 2.92. The van der Waals surface area contributed by atoms with Crippen molar-refractivity contribution in [1.29, 1.82) is 0 Å². The number of aromatic nitrogens is 1. The van der Waals surface area contributed by atoms with Crippen molar-refractivity contribution < 1.29 is 4.74 Å². The maximum absolute atomic E-state index is 5.59. The molecule has 0 bridgehead atoms. The highest BCUT2D eigenvalue weighted by Crippen LogP contribution is 2.24. The van der Waals surface area contributed by atoms with Crippen LogP contribution >= 0.6 is 11.5 Å². The van der Waals surface area contributed by atoms with E-state index in [-0.39, 0.29) is 0 Å². The fourth-order valence-electron chi connectivity index (χ4n) is 1.43. The van der Waals surface area contributed by atoms with Crippen molar-refractivity contribution in [3.05, 3.63) is 6.07 Å². The average Bonchev–Trinajstić information content (AvgIpc) is 2.54. The highest BCUT2D eigenvalue weighted by atomic mass is 32.1. The number of methoxy groups -OCH3 is 1. The van der Waals surface area contributed by atoms with E-state index in [4.69, 9.17) is 10.5 Å². The summed E-state index contributed by atoms with van der Waals surface area (Å²) in [5.74, 6) is 0.591. The number of hydrogen-bond acceptors (Lipinski definition) is 5. The third kappa shape index (κ3) is 2.59. The van der Waals surface area contributed by atoms with Gasteiger partial charge in [0.25, 0.3) is 0 Å². The fraction of sp³-hybridized carbons (Fsp3) is 0.667. The molecule has 0 aliphatic rings. The molecule has 0 spiro atoms. The number of rotatable bonds is 5. The van der Waals surface area contributed by atoms with Crippen LogP contribution in [0.5, 0.6) is 0 Å². The Morgan fingerprint density at radius 3 is 2.86 bits per heavy atom. The van der Waals surface area contributed by atoms with Crippen molar-refractivity contribution in [3.8, 4) is 0 Å². The van der Waals surface area contributed by atoms with E-state index in [9.17, 15) is 0 Å². The summed E-state index contributed by atoms with van der Waals surface area (Å²) >= 11 is 1.43. The highest BCUT2D eigenvalue weighted by Gasteiger charge is 2.14. The molecule has 4 nitrogen and oxygen atoms in total. The molecule has 0 amide bonds. The molecule has 0 aromatic carbocycles. The first-order valence-electron chi connectivity index (χ1n) is 4.66. The van der Waals surface area contributed by atoms with Crippen LogP contribution in [0.1, 0.15) is 13.8 Å². The van der Waals surface area contributed by atoms with Gasteiger partial charge in [0, 0.05) is 19.7 Å². The SMILES string of the molecule is CCN(c1cc(N)ns1)C(C)COC. The molecule has 14 heavy (non-hydrogen) atoms. The third-order valence-electron chi connectivity index (χ3n) is 2.08. The number of hydrogen-bond donors (Lipinski definition) is 1. The largest absolute Gasteiger partial charge is 0.383 e. The van der Waals surface area contributed by atoms with E-state index in [1.807, 2.05) is 6.07 Å². The Hall–Kier alpha value is -0.810. The standard InChI is InChI=1S/C9H17N3OS/c1-4-12(7(2)6-13-3)9-5-8(10)11-14-9/h5,7H,4,6H2,1-3H3,(H2,10,11). The molecule has 1 aromatic rings. The molecular weight excluding hydrogens is 198 g/mol. The molecule has 1 unspecified atom stereocenters. The number of nitrogens with zero attached hydrogens (tertiary/aromatic N) is 2. The highest BCUT2D eigenvalue weighted by molar-refractivity contribution is 7.10. The topological polar surface area (TPSA) is 51.4 Å². The second kappa shape index (κ2) is 5.17. The first kappa shape index (κ1) is 11.3. The Morgan fingerprint density at radius 1 is 1.71 bits per heavy atom. The minimum Gasteiger partial charge on any atom is -0.383 e. The van der Waals surface area contributed by atoms with Crippen molar-refractivity contribution in [2.75, 3.05) is 30.9 Å². The van der Waals surface area contributed by atoms with Gasteiger partial charge in [-0.15, -0.1) is 0 Å². The van der Waals surface area contributed by atoms with E-state index >= 15 is 0 Å². The van der Waals surface area contributed by atoms with Crippen LogP contribution < -0.4 is 10.6 Å². The zero-order valence-electron chi connectivity index (χ0n) is 8.86. The van der Waals surface area contributed by atoms with Gasteiger partial charge in [-0.25, -0.2) is 0 Å². The van der Waals surface area contributed by atoms with Gasteiger partial charge in [0.05, 0.1) is 12.6 Å². The predicted octanol–water partition coefficient (Wildman–Crippen LogP) is 1.59. The molecule has 0 saturated heterocycles. The Labute approximate surface area is 88.8 Å². The summed E-state index contributed by atoms with van der Waals surface area (Å²) in [5, 5.41) is 1.11. The monoisotopic (exact) mass is 215 g/mol. The molecule has 0 radical (unpaired) electrons. The van der Waals surface area contributed by atoms with E-state index in [1.54, 1.807) is 7.11 Å². The minimum absolute atomic E-state index is 0.352. The van der Waals surface area contributed by atoms with Crippen LogP contribution in [-0.2, 0) is 4.74 Å². The van der Waals surface area contributed by atoms with Crippen LogP contribution in [0.2, 0.25) is 0 Å². The van der Waals surface area contributed by atoms with Crippen molar-refractivity contribution >= 4 is 22.4 Å². The summed E-state index contributed by atoms with van der Waals surface area (Å²) in [5.41, 5.74) is 5.59. The maximum atomic E-state index is 5.59. The number of nitrogen functional groups attached to an aromatic ring is 1. The van der Waals surface area contributed by atoms with E-state index in [0.29, 0.717) is 18.5 Å². The van der Waals surface area contributed by atoms with Gasteiger partial charge >= 0.3 is 0 Å². The van der Waals surface area contributed by atoms with Crippen molar-refractivity contribution in [1.82, 2.24) is 4.37 Å².